The molecule has 1 amide bonds. The molecule has 0 aliphatic rings. The second kappa shape index (κ2) is 8.92. The Kier molecular flexibility index (Phi) is 6.36. The van der Waals surface area contributed by atoms with Gasteiger partial charge in [0.25, 0.3) is 5.91 Å². The number of carbonyl (C=O) groups excluding carboxylic acids is 1. The molecular weight excluding hydrogens is 428 g/mol. The normalized spacial score (nSPS) is 11.1. The van der Waals surface area contributed by atoms with Gasteiger partial charge in [0.15, 0.2) is 11.0 Å². The van der Waals surface area contributed by atoms with Crippen LogP contribution >= 0.6 is 27.7 Å². The van der Waals surface area contributed by atoms with Crippen LogP contribution in [0.1, 0.15) is 11.4 Å². The number of benzene rings is 1. The summed E-state index contributed by atoms with van der Waals surface area (Å²) in [5.74, 6) is 0.696. The lowest BCUT2D eigenvalue weighted by Crippen LogP contribution is -2.20. The first-order valence-corrected chi connectivity index (χ1v) is 9.84. The number of rotatable bonds is 6. The van der Waals surface area contributed by atoms with Crippen LogP contribution in [0.3, 0.4) is 0 Å². The van der Waals surface area contributed by atoms with Crippen LogP contribution in [0.15, 0.2) is 57.2 Å². The highest BCUT2D eigenvalue weighted by Gasteiger charge is 2.13. The van der Waals surface area contributed by atoms with E-state index < -0.39 is 0 Å². The van der Waals surface area contributed by atoms with Crippen LogP contribution in [0.5, 0.6) is 0 Å². The third-order valence-corrected chi connectivity index (χ3v) is 5.06. The van der Waals surface area contributed by atoms with Crippen molar-refractivity contribution >= 4 is 39.8 Å². The van der Waals surface area contributed by atoms with E-state index in [0.717, 1.165) is 21.6 Å². The second-order valence-corrected chi connectivity index (χ2v) is 7.52. The lowest BCUT2D eigenvalue weighted by molar-refractivity contribution is -0.118. The molecule has 2 aromatic heterocycles. The van der Waals surface area contributed by atoms with Gasteiger partial charge in [0.1, 0.15) is 0 Å². The maximum absolute atomic E-state index is 12.0. The molecule has 0 atom stereocenters. The number of hydrogen-bond acceptors (Lipinski definition) is 6. The minimum atomic E-state index is -0.226. The summed E-state index contributed by atoms with van der Waals surface area (Å²) >= 11 is 4.75. The largest absolute Gasteiger partial charge is 0.305 e. The Labute approximate surface area is 169 Å². The Morgan fingerprint density at radius 3 is 2.89 bits per heavy atom. The van der Waals surface area contributed by atoms with Crippen molar-refractivity contribution in [2.45, 2.75) is 12.1 Å². The summed E-state index contributed by atoms with van der Waals surface area (Å²) in [6.07, 6.45) is 1.52. The number of carbonyl (C=O) groups is 1. The zero-order valence-corrected chi connectivity index (χ0v) is 17.2. The summed E-state index contributed by atoms with van der Waals surface area (Å²) in [4.78, 5) is 16.3. The molecule has 0 saturated carbocycles. The molecule has 0 fully saturated rings. The maximum atomic E-state index is 12.0. The predicted molar refractivity (Wildman–Crippen MR) is 110 cm³/mol. The summed E-state index contributed by atoms with van der Waals surface area (Å²) in [5.41, 5.74) is 5.02. The van der Waals surface area contributed by atoms with Crippen molar-refractivity contribution in [3.05, 3.63) is 58.3 Å². The number of aromatic nitrogens is 4. The number of halogens is 1. The Morgan fingerprint density at radius 1 is 1.30 bits per heavy atom. The van der Waals surface area contributed by atoms with E-state index in [-0.39, 0.29) is 11.7 Å². The standard InChI is InChI=1S/C18H17BrN6OS/c1-12-5-3-8-15(21-12)10-20-22-16(26)11-27-18-24-23-17(25(18)2)13-6-4-7-14(19)9-13/h3-10H,11H2,1-2H3,(H,22,26). The summed E-state index contributed by atoms with van der Waals surface area (Å²) in [6.45, 7) is 1.90. The molecule has 0 unspecified atom stereocenters. The highest BCUT2D eigenvalue weighted by atomic mass is 79.9. The number of aryl methyl sites for hydroxylation is 1. The SMILES string of the molecule is Cc1cccc(C=NNC(=O)CSc2nnc(-c3cccc(Br)c3)n2C)n1. The van der Waals surface area contributed by atoms with E-state index in [2.05, 4.69) is 41.6 Å². The quantitative estimate of drug-likeness (QED) is 0.358. The van der Waals surface area contributed by atoms with Gasteiger partial charge in [0, 0.05) is 22.8 Å². The fraction of sp³-hybridized carbons (Fsp3) is 0.167. The van der Waals surface area contributed by atoms with Crippen molar-refractivity contribution in [3.63, 3.8) is 0 Å². The number of amides is 1. The van der Waals surface area contributed by atoms with Gasteiger partial charge in [-0.05, 0) is 31.2 Å². The van der Waals surface area contributed by atoms with Crippen molar-refractivity contribution < 1.29 is 4.79 Å². The van der Waals surface area contributed by atoms with Gasteiger partial charge in [0.2, 0.25) is 0 Å². The number of thioether (sulfide) groups is 1. The Morgan fingerprint density at radius 2 is 2.11 bits per heavy atom. The third kappa shape index (κ3) is 5.24. The maximum Gasteiger partial charge on any atom is 0.250 e. The molecular formula is C18H17BrN6OS. The van der Waals surface area contributed by atoms with Crippen molar-refractivity contribution in [1.29, 1.82) is 0 Å². The molecule has 3 aromatic rings. The summed E-state index contributed by atoms with van der Waals surface area (Å²) in [6, 6.07) is 13.4. The fourth-order valence-corrected chi connectivity index (χ4v) is 3.39. The van der Waals surface area contributed by atoms with Gasteiger partial charge >= 0.3 is 0 Å². The molecule has 0 aliphatic carbocycles. The molecule has 0 spiro atoms. The number of nitrogens with zero attached hydrogens (tertiary/aromatic N) is 5. The molecule has 3 rings (SSSR count). The van der Waals surface area contributed by atoms with Crippen LogP contribution in [0.25, 0.3) is 11.4 Å². The number of hydrazone groups is 1. The lowest BCUT2D eigenvalue weighted by Gasteiger charge is -2.04. The van der Waals surface area contributed by atoms with Gasteiger partial charge < -0.3 is 4.57 Å². The molecule has 0 radical (unpaired) electrons. The topological polar surface area (TPSA) is 85.1 Å². The van der Waals surface area contributed by atoms with Gasteiger partial charge in [-0.15, -0.1) is 10.2 Å². The van der Waals surface area contributed by atoms with Gasteiger partial charge in [-0.3, -0.25) is 9.78 Å². The number of pyridine rings is 1. The molecule has 0 saturated heterocycles. The minimum Gasteiger partial charge on any atom is -0.305 e. The van der Waals surface area contributed by atoms with Crippen LogP contribution in [0.2, 0.25) is 0 Å². The smallest absolute Gasteiger partial charge is 0.250 e. The highest BCUT2D eigenvalue weighted by Crippen LogP contribution is 2.24. The molecule has 0 aliphatic heterocycles. The van der Waals surface area contributed by atoms with Crippen LogP contribution in [0, 0.1) is 6.92 Å². The summed E-state index contributed by atoms with van der Waals surface area (Å²) in [7, 11) is 1.87. The third-order valence-electron chi connectivity index (χ3n) is 3.55. The number of hydrogen-bond donors (Lipinski definition) is 1. The van der Waals surface area contributed by atoms with E-state index in [9.17, 15) is 4.79 Å². The van der Waals surface area contributed by atoms with Crippen LogP contribution in [0.4, 0.5) is 0 Å². The van der Waals surface area contributed by atoms with E-state index in [0.29, 0.717) is 10.9 Å². The molecule has 1 N–H and O–H groups in total. The molecule has 7 nitrogen and oxygen atoms in total. The molecule has 27 heavy (non-hydrogen) atoms. The zero-order chi connectivity index (χ0) is 19.2. The van der Waals surface area contributed by atoms with Gasteiger partial charge in [0.05, 0.1) is 17.7 Å². The first kappa shape index (κ1) is 19.2. The first-order valence-electron chi connectivity index (χ1n) is 8.06. The molecule has 0 bridgehead atoms. The van der Waals surface area contributed by atoms with Crippen molar-refractivity contribution in [1.82, 2.24) is 25.2 Å². The first-order chi connectivity index (χ1) is 13.0. The van der Waals surface area contributed by atoms with E-state index in [1.807, 2.05) is 61.0 Å². The minimum absolute atomic E-state index is 0.184. The summed E-state index contributed by atoms with van der Waals surface area (Å²) in [5, 5.41) is 13.0. The fourth-order valence-electron chi connectivity index (χ4n) is 2.29. The van der Waals surface area contributed by atoms with Crippen LogP contribution in [-0.2, 0) is 11.8 Å². The Hall–Kier alpha value is -2.52. The zero-order valence-electron chi connectivity index (χ0n) is 14.8. The molecule has 2 heterocycles. The Balaban J connectivity index is 1.56. The highest BCUT2D eigenvalue weighted by molar-refractivity contribution is 9.10. The van der Waals surface area contributed by atoms with E-state index in [1.165, 1.54) is 18.0 Å². The van der Waals surface area contributed by atoms with Crippen molar-refractivity contribution in [2.75, 3.05) is 5.75 Å². The van der Waals surface area contributed by atoms with Gasteiger partial charge in [-0.1, -0.05) is 45.9 Å². The van der Waals surface area contributed by atoms with Crippen molar-refractivity contribution in [2.24, 2.45) is 12.1 Å². The molecule has 1 aromatic carbocycles. The van der Waals surface area contributed by atoms with Crippen molar-refractivity contribution in [3.8, 4) is 11.4 Å². The van der Waals surface area contributed by atoms with Gasteiger partial charge in [-0.25, -0.2) is 5.43 Å². The molecule has 9 heteroatoms. The summed E-state index contributed by atoms with van der Waals surface area (Å²) < 4.78 is 2.83. The average molecular weight is 445 g/mol. The predicted octanol–water partition coefficient (Wildman–Crippen LogP) is 3.19. The van der Waals surface area contributed by atoms with Crippen LogP contribution in [-0.4, -0.2) is 37.6 Å². The van der Waals surface area contributed by atoms with Crippen LogP contribution < -0.4 is 5.43 Å². The second-order valence-electron chi connectivity index (χ2n) is 5.66. The lowest BCUT2D eigenvalue weighted by atomic mass is 10.2. The van der Waals surface area contributed by atoms with Gasteiger partial charge in [-0.2, -0.15) is 5.10 Å². The van der Waals surface area contributed by atoms with E-state index >= 15 is 0 Å². The monoisotopic (exact) mass is 444 g/mol. The Bertz CT molecular complexity index is 987. The average Bonchev–Trinajstić information content (AvgIpc) is 3.01. The number of nitrogens with one attached hydrogen (secondary N) is 1. The van der Waals surface area contributed by atoms with E-state index in [1.54, 1.807) is 0 Å². The molecule has 138 valence electrons. The van der Waals surface area contributed by atoms with E-state index in [4.69, 9.17) is 0 Å².